The summed E-state index contributed by atoms with van der Waals surface area (Å²) in [7, 11) is 1.21. The molecule has 0 spiro atoms. The molecule has 0 saturated carbocycles. The molecule has 1 N–H and O–H groups in total. The smallest absolute Gasteiger partial charge is 0.384 e. The molecule has 0 bridgehead atoms. The number of ether oxygens (including phenoxy) is 1. The van der Waals surface area contributed by atoms with Crippen molar-refractivity contribution in [2.24, 2.45) is 0 Å². The lowest BCUT2D eigenvalue weighted by molar-refractivity contribution is -0.133. The first-order valence-corrected chi connectivity index (χ1v) is 3.99. The number of methoxy groups -OCH3 is 1. The third kappa shape index (κ3) is 2.64. The van der Waals surface area contributed by atoms with Gasteiger partial charge < -0.3 is 9.72 Å². The van der Waals surface area contributed by atoms with Crippen molar-refractivity contribution in [3.63, 3.8) is 0 Å². The van der Waals surface area contributed by atoms with Crippen molar-refractivity contribution in [1.29, 1.82) is 0 Å². The van der Waals surface area contributed by atoms with Crippen LogP contribution < -0.4 is 5.56 Å². The molecule has 5 heteroatoms. The predicted octanol–water partition coefficient (Wildman–Crippen LogP) is 0.553. The van der Waals surface area contributed by atoms with E-state index in [-0.39, 0.29) is 5.56 Å². The molecular weight excluding hydrogens is 206 g/mol. The number of carbonyl (C=O) groups excluding carboxylic acids is 1. The molecule has 1 heterocycles. The van der Waals surface area contributed by atoms with E-state index in [0.29, 0.717) is 5.02 Å². The van der Waals surface area contributed by atoms with E-state index in [9.17, 15) is 9.59 Å². The third-order valence-electron chi connectivity index (χ3n) is 1.35. The summed E-state index contributed by atoms with van der Waals surface area (Å²) in [6.45, 7) is 0. The van der Waals surface area contributed by atoms with Crippen LogP contribution >= 0.6 is 11.6 Å². The Morgan fingerprint density at radius 3 is 3.00 bits per heavy atom. The molecule has 1 rings (SSSR count). The lowest BCUT2D eigenvalue weighted by Crippen LogP contribution is -2.08. The fraction of sp³-hybridized carbons (Fsp3) is 0.111. The normalized spacial score (nSPS) is 8.71. The summed E-state index contributed by atoms with van der Waals surface area (Å²) in [4.78, 5) is 24.1. The van der Waals surface area contributed by atoms with Crippen molar-refractivity contribution in [1.82, 2.24) is 4.98 Å². The maximum absolute atomic E-state index is 11.1. The third-order valence-corrected chi connectivity index (χ3v) is 1.57. The highest BCUT2D eigenvalue weighted by Gasteiger charge is 1.97. The van der Waals surface area contributed by atoms with Crippen LogP contribution in [0.3, 0.4) is 0 Å². The van der Waals surface area contributed by atoms with Gasteiger partial charge in [0.05, 0.1) is 17.7 Å². The standard InChI is InChI=1S/C9H6ClNO3/c1-14-8(12)3-2-6-4-7(10)5-11-9(6)13/h4-5H,1H3,(H,11,13). The zero-order valence-electron chi connectivity index (χ0n) is 7.26. The number of hydrogen-bond donors (Lipinski definition) is 1. The molecule has 0 saturated heterocycles. The van der Waals surface area contributed by atoms with Crippen molar-refractivity contribution in [3.8, 4) is 11.8 Å². The molecule has 1 aromatic rings. The summed E-state index contributed by atoms with van der Waals surface area (Å²) in [6, 6.07) is 1.37. The zero-order valence-corrected chi connectivity index (χ0v) is 8.01. The van der Waals surface area contributed by atoms with Crippen LogP contribution in [0.5, 0.6) is 0 Å². The van der Waals surface area contributed by atoms with Crippen molar-refractivity contribution < 1.29 is 9.53 Å². The van der Waals surface area contributed by atoms with E-state index in [0.717, 1.165) is 0 Å². The van der Waals surface area contributed by atoms with E-state index in [1.165, 1.54) is 19.4 Å². The molecule has 0 radical (unpaired) electrons. The number of rotatable bonds is 0. The quantitative estimate of drug-likeness (QED) is 0.504. The second kappa shape index (κ2) is 4.49. The molecule has 0 aliphatic rings. The number of aromatic amines is 1. The average Bonchev–Trinajstić information content (AvgIpc) is 2.19. The maximum Gasteiger partial charge on any atom is 0.384 e. The summed E-state index contributed by atoms with van der Waals surface area (Å²) in [5.74, 6) is 3.77. The Hall–Kier alpha value is -1.73. The van der Waals surface area contributed by atoms with Crippen LogP contribution in [0.15, 0.2) is 17.1 Å². The van der Waals surface area contributed by atoms with Gasteiger partial charge in [-0.2, -0.15) is 0 Å². The Morgan fingerprint density at radius 2 is 2.36 bits per heavy atom. The average molecular weight is 212 g/mol. The number of pyridine rings is 1. The number of halogens is 1. The number of carbonyl (C=O) groups is 1. The van der Waals surface area contributed by atoms with Crippen molar-refractivity contribution in [3.05, 3.63) is 33.2 Å². The van der Waals surface area contributed by atoms with Gasteiger partial charge in [-0.25, -0.2) is 4.79 Å². The summed E-state index contributed by atoms with van der Waals surface area (Å²) >= 11 is 5.61. The minimum Gasteiger partial charge on any atom is -0.459 e. The molecule has 0 atom stereocenters. The van der Waals surface area contributed by atoms with E-state index in [1.807, 2.05) is 0 Å². The Labute approximate surface area is 84.8 Å². The monoisotopic (exact) mass is 211 g/mol. The summed E-state index contributed by atoms with van der Waals surface area (Å²) in [5.41, 5.74) is -0.270. The van der Waals surface area contributed by atoms with Gasteiger partial charge in [-0.15, -0.1) is 0 Å². The van der Waals surface area contributed by atoms with Crippen LogP contribution in [0.2, 0.25) is 5.02 Å². The van der Waals surface area contributed by atoms with Crippen LogP contribution in [0.25, 0.3) is 0 Å². The first kappa shape index (κ1) is 10.4. The maximum atomic E-state index is 11.1. The Kier molecular flexibility index (Phi) is 3.32. The van der Waals surface area contributed by atoms with Gasteiger partial charge in [0.25, 0.3) is 5.56 Å². The summed E-state index contributed by atoms with van der Waals surface area (Å²) < 4.78 is 4.28. The van der Waals surface area contributed by atoms with Gasteiger partial charge in [0, 0.05) is 12.1 Å². The highest BCUT2D eigenvalue weighted by atomic mass is 35.5. The van der Waals surface area contributed by atoms with Gasteiger partial charge in [0.15, 0.2) is 0 Å². The second-order valence-corrected chi connectivity index (χ2v) is 2.74. The number of aromatic nitrogens is 1. The van der Waals surface area contributed by atoms with E-state index < -0.39 is 11.5 Å². The first-order chi connectivity index (χ1) is 6.63. The van der Waals surface area contributed by atoms with Crippen molar-refractivity contribution in [2.45, 2.75) is 0 Å². The Balaban J connectivity index is 3.06. The SMILES string of the molecule is COC(=O)C#Cc1cc(Cl)c[nH]c1=O. The topological polar surface area (TPSA) is 59.2 Å². The van der Waals surface area contributed by atoms with Gasteiger partial charge in [0.1, 0.15) is 0 Å². The highest BCUT2D eigenvalue weighted by molar-refractivity contribution is 6.30. The van der Waals surface area contributed by atoms with E-state index in [4.69, 9.17) is 11.6 Å². The fourth-order valence-electron chi connectivity index (χ4n) is 0.720. The number of nitrogens with one attached hydrogen (secondary N) is 1. The molecule has 72 valence electrons. The molecular formula is C9H6ClNO3. The molecule has 1 aromatic heterocycles. The molecule has 0 aromatic carbocycles. The van der Waals surface area contributed by atoms with Gasteiger partial charge >= 0.3 is 5.97 Å². The van der Waals surface area contributed by atoms with E-state index >= 15 is 0 Å². The minimum absolute atomic E-state index is 0.128. The van der Waals surface area contributed by atoms with E-state index in [1.54, 1.807) is 0 Å². The molecule has 14 heavy (non-hydrogen) atoms. The number of hydrogen-bond acceptors (Lipinski definition) is 3. The molecule has 0 aliphatic carbocycles. The largest absolute Gasteiger partial charge is 0.459 e. The predicted molar refractivity (Wildman–Crippen MR) is 51.0 cm³/mol. The molecule has 0 unspecified atom stereocenters. The van der Waals surface area contributed by atoms with Gasteiger partial charge in [-0.1, -0.05) is 11.6 Å². The Bertz CT molecular complexity index is 467. The van der Waals surface area contributed by atoms with Crippen LogP contribution in [0, 0.1) is 11.8 Å². The van der Waals surface area contributed by atoms with Crippen LogP contribution in [0.1, 0.15) is 5.56 Å². The van der Waals surface area contributed by atoms with Crippen LogP contribution in [-0.2, 0) is 9.53 Å². The fourth-order valence-corrected chi connectivity index (χ4v) is 0.883. The second-order valence-electron chi connectivity index (χ2n) is 2.30. The molecule has 0 aliphatic heterocycles. The molecule has 0 amide bonds. The minimum atomic E-state index is -0.704. The van der Waals surface area contributed by atoms with Crippen molar-refractivity contribution in [2.75, 3.05) is 7.11 Å². The number of esters is 1. The summed E-state index contributed by atoms with van der Waals surface area (Å²) in [5, 5.41) is 0.346. The molecule has 0 fully saturated rings. The Morgan fingerprint density at radius 1 is 1.64 bits per heavy atom. The molecule has 4 nitrogen and oxygen atoms in total. The van der Waals surface area contributed by atoms with Gasteiger partial charge in [-0.05, 0) is 12.0 Å². The first-order valence-electron chi connectivity index (χ1n) is 3.61. The zero-order chi connectivity index (χ0) is 10.6. The number of H-pyrrole nitrogens is 1. The van der Waals surface area contributed by atoms with Crippen LogP contribution in [0.4, 0.5) is 0 Å². The summed E-state index contributed by atoms with van der Waals surface area (Å²) in [6.07, 6.45) is 1.34. The van der Waals surface area contributed by atoms with E-state index in [2.05, 4.69) is 21.6 Å². The lowest BCUT2D eigenvalue weighted by Gasteiger charge is -1.90. The van der Waals surface area contributed by atoms with Crippen LogP contribution in [-0.4, -0.2) is 18.1 Å². The van der Waals surface area contributed by atoms with Crippen molar-refractivity contribution >= 4 is 17.6 Å². The van der Waals surface area contributed by atoms with Gasteiger partial charge in [0.2, 0.25) is 0 Å². The highest BCUT2D eigenvalue weighted by Crippen LogP contribution is 2.03. The lowest BCUT2D eigenvalue weighted by atomic mass is 10.3. The van der Waals surface area contributed by atoms with Gasteiger partial charge in [-0.3, -0.25) is 4.79 Å².